The van der Waals surface area contributed by atoms with Crippen LogP contribution in [0.1, 0.15) is 61.2 Å². The highest BCUT2D eigenvalue weighted by Crippen LogP contribution is 2.31. The Morgan fingerprint density at radius 2 is 2.08 bits per heavy atom. The predicted octanol–water partition coefficient (Wildman–Crippen LogP) is 3.43. The van der Waals surface area contributed by atoms with Gasteiger partial charge in [0.1, 0.15) is 11.4 Å². The number of fused-ring (bicyclic) bond motifs is 1. The largest absolute Gasteiger partial charge is 0.506 e. The van der Waals surface area contributed by atoms with Crippen molar-refractivity contribution in [2.24, 2.45) is 0 Å². The van der Waals surface area contributed by atoms with Gasteiger partial charge in [-0.25, -0.2) is 4.79 Å². The van der Waals surface area contributed by atoms with Crippen LogP contribution in [0.3, 0.4) is 0 Å². The Bertz CT molecular complexity index is 740. The average molecular weight is 383 g/mol. The first-order valence-corrected chi connectivity index (χ1v) is 9.03. The summed E-state index contributed by atoms with van der Waals surface area (Å²) in [5.41, 5.74) is 1.40. The van der Waals surface area contributed by atoms with Gasteiger partial charge in [-0.15, -0.1) is 12.4 Å². The first kappa shape index (κ1) is 20.6. The molecule has 1 aliphatic carbocycles. The molecule has 6 nitrogen and oxygen atoms in total. The molecule has 1 fully saturated rings. The SMILES string of the molecule is CCOC(=O)c1cc2c(C(O)CNC3CCCCC3)ccc(O)c2[nH]1.Cl. The van der Waals surface area contributed by atoms with Crippen molar-refractivity contribution in [1.29, 1.82) is 0 Å². The van der Waals surface area contributed by atoms with Crippen LogP contribution in [-0.2, 0) is 4.74 Å². The van der Waals surface area contributed by atoms with Crippen molar-refractivity contribution in [3.8, 4) is 5.75 Å². The number of carbonyl (C=O) groups is 1. The number of hydrogen-bond acceptors (Lipinski definition) is 5. The molecule has 0 spiro atoms. The Labute approximate surface area is 159 Å². The summed E-state index contributed by atoms with van der Waals surface area (Å²) in [7, 11) is 0. The fourth-order valence-corrected chi connectivity index (χ4v) is 3.53. The highest BCUT2D eigenvalue weighted by atomic mass is 35.5. The van der Waals surface area contributed by atoms with E-state index in [0.717, 1.165) is 12.8 Å². The van der Waals surface area contributed by atoms with Gasteiger partial charge in [0.25, 0.3) is 0 Å². The van der Waals surface area contributed by atoms with Gasteiger partial charge in [0.05, 0.1) is 18.2 Å². The van der Waals surface area contributed by atoms with Gasteiger partial charge in [0.2, 0.25) is 0 Å². The standard InChI is InChI=1S/C19H26N2O4.ClH/c1-2-25-19(24)15-10-14-13(8-9-16(22)18(14)21-15)17(23)11-20-12-6-4-3-5-7-12;/h8-10,12,17,20-23H,2-7,11H2,1H3;1H. The van der Waals surface area contributed by atoms with E-state index in [0.29, 0.717) is 29.1 Å². The summed E-state index contributed by atoms with van der Waals surface area (Å²) in [6.07, 6.45) is 5.34. The number of nitrogens with one attached hydrogen (secondary N) is 2. The number of halogens is 1. The Morgan fingerprint density at radius 3 is 2.77 bits per heavy atom. The fraction of sp³-hybridized carbons (Fsp3) is 0.526. The second-order valence-corrected chi connectivity index (χ2v) is 6.63. The number of aliphatic hydroxyl groups excluding tert-OH is 1. The molecular weight excluding hydrogens is 356 g/mol. The van der Waals surface area contributed by atoms with Crippen molar-refractivity contribution in [3.63, 3.8) is 0 Å². The number of aromatic nitrogens is 1. The van der Waals surface area contributed by atoms with E-state index >= 15 is 0 Å². The van der Waals surface area contributed by atoms with Crippen molar-refractivity contribution in [1.82, 2.24) is 10.3 Å². The van der Waals surface area contributed by atoms with Gasteiger partial charge >= 0.3 is 5.97 Å². The number of esters is 1. The first-order valence-electron chi connectivity index (χ1n) is 9.03. The van der Waals surface area contributed by atoms with Crippen LogP contribution < -0.4 is 5.32 Å². The first-order chi connectivity index (χ1) is 12.1. The summed E-state index contributed by atoms with van der Waals surface area (Å²) < 4.78 is 5.00. The highest BCUT2D eigenvalue weighted by molar-refractivity contribution is 5.98. The van der Waals surface area contributed by atoms with E-state index in [-0.39, 0.29) is 30.5 Å². The molecule has 0 saturated heterocycles. The fourth-order valence-electron chi connectivity index (χ4n) is 3.53. The Balaban J connectivity index is 0.00000243. The number of phenolic OH excluding ortho intramolecular Hbond substituents is 1. The molecule has 1 aliphatic rings. The Hall–Kier alpha value is -1.76. The van der Waals surface area contributed by atoms with Crippen molar-refractivity contribution in [3.05, 3.63) is 29.5 Å². The molecule has 7 heteroatoms. The number of aromatic amines is 1. The van der Waals surface area contributed by atoms with Crippen LogP contribution >= 0.6 is 12.4 Å². The average Bonchev–Trinajstić information content (AvgIpc) is 3.07. The van der Waals surface area contributed by atoms with E-state index < -0.39 is 12.1 Å². The monoisotopic (exact) mass is 382 g/mol. The minimum absolute atomic E-state index is 0. The van der Waals surface area contributed by atoms with Crippen LogP contribution in [0.25, 0.3) is 10.9 Å². The lowest BCUT2D eigenvalue weighted by Crippen LogP contribution is -2.34. The molecule has 1 saturated carbocycles. The summed E-state index contributed by atoms with van der Waals surface area (Å²) in [4.78, 5) is 14.8. The predicted molar refractivity (Wildman–Crippen MR) is 103 cm³/mol. The normalized spacial score (nSPS) is 16.2. The summed E-state index contributed by atoms with van der Waals surface area (Å²) in [6, 6.07) is 5.32. The van der Waals surface area contributed by atoms with E-state index in [4.69, 9.17) is 4.74 Å². The molecule has 0 aliphatic heterocycles. The summed E-state index contributed by atoms with van der Waals surface area (Å²) >= 11 is 0. The third kappa shape index (κ3) is 4.50. The molecule has 1 aromatic carbocycles. The lowest BCUT2D eigenvalue weighted by molar-refractivity contribution is 0.0520. The van der Waals surface area contributed by atoms with Crippen LogP contribution in [-0.4, -0.2) is 40.4 Å². The second-order valence-electron chi connectivity index (χ2n) is 6.63. The zero-order valence-electron chi connectivity index (χ0n) is 15.0. The Kier molecular flexibility index (Phi) is 7.32. The van der Waals surface area contributed by atoms with Gasteiger partial charge in [-0.1, -0.05) is 25.3 Å². The summed E-state index contributed by atoms with van der Waals surface area (Å²) in [5.74, 6) is -0.430. The van der Waals surface area contributed by atoms with Crippen LogP contribution in [0.15, 0.2) is 18.2 Å². The van der Waals surface area contributed by atoms with Crippen molar-refractivity contribution >= 4 is 29.3 Å². The topological polar surface area (TPSA) is 94.6 Å². The number of rotatable bonds is 6. The van der Waals surface area contributed by atoms with Crippen LogP contribution in [0.4, 0.5) is 0 Å². The van der Waals surface area contributed by atoms with Crippen molar-refractivity contribution < 1.29 is 19.7 Å². The van der Waals surface area contributed by atoms with E-state index in [2.05, 4.69) is 10.3 Å². The van der Waals surface area contributed by atoms with Crippen molar-refractivity contribution in [2.75, 3.05) is 13.2 Å². The minimum atomic E-state index is -0.712. The molecule has 0 radical (unpaired) electrons. The molecule has 3 rings (SSSR count). The molecule has 26 heavy (non-hydrogen) atoms. The van der Waals surface area contributed by atoms with E-state index in [1.54, 1.807) is 19.1 Å². The number of H-pyrrole nitrogens is 1. The molecule has 1 unspecified atom stereocenters. The van der Waals surface area contributed by atoms with E-state index in [1.165, 1.54) is 25.3 Å². The molecule has 4 N–H and O–H groups in total. The third-order valence-electron chi connectivity index (χ3n) is 4.86. The van der Waals surface area contributed by atoms with Crippen LogP contribution in [0, 0.1) is 0 Å². The molecule has 1 atom stereocenters. The van der Waals surface area contributed by atoms with Gasteiger partial charge in [0.15, 0.2) is 0 Å². The Morgan fingerprint density at radius 1 is 1.35 bits per heavy atom. The van der Waals surface area contributed by atoms with E-state index in [9.17, 15) is 15.0 Å². The number of ether oxygens (including phenoxy) is 1. The summed E-state index contributed by atoms with van der Waals surface area (Å²) in [5, 5.41) is 24.7. The van der Waals surface area contributed by atoms with Gasteiger partial charge in [-0.05, 0) is 37.5 Å². The summed E-state index contributed by atoms with van der Waals surface area (Å²) in [6.45, 7) is 2.47. The smallest absolute Gasteiger partial charge is 0.354 e. The van der Waals surface area contributed by atoms with Crippen molar-refractivity contribution in [2.45, 2.75) is 51.2 Å². The molecule has 1 aromatic heterocycles. The second kappa shape index (κ2) is 9.26. The number of carbonyl (C=O) groups excluding carboxylic acids is 1. The van der Waals surface area contributed by atoms with Gasteiger partial charge in [0, 0.05) is 18.0 Å². The molecule has 144 valence electrons. The van der Waals surface area contributed by atoms with Gasteiger partial charge in [-0.2, -0.15) is 0 Å². The lowest BCUT2D eigenvalue weighted by Gasteiger charge is -2.24. The molecule has 0 amide bonds. The number of aliphatic hydroxyl groups is 1. The van der Waals surface area contributed by atoms with E-state index in [1.807, 2.05) is 0 Å². The number of aromatic hydroxyl groups is 1. The maximum Gasteiger partial charge on any atom is 0.354 e. The maximum absolute atomic E-state index is 11.9. The minimum Gasteiger partial charge on any atom is -0.506 e. The molecule has 1 heterocycles. The quantitative estimate of drug-likeness (QED) is 0.574. The molecule has 0 bridgehead atoms. The third-order valence-corrected chi connectivity index (χ3v) is 4.86. The van der Waals surface area contributed by atoms with Crippen LogP contribution in [0.2, 0.25) is 0 Å². The number of phenols is 1. The maximum atomic E-state index is 11.9. The van der Waals surface area contributed by atoms with Gasteiger partial charge < -0.3 is 25.3 Å². The lowest BCUT2D eigenvalue weighted by atomic mass is 9.95. The zero-order chi connectivity index (χ0) is 17.8. The molecular formula is C19H27ClN2O4. The van der Waals surface area contributed by atoms with Gasteiger partial charge in [-0.3, -0.25) is 0 Å². The zero-order valence-corrected chi connectivity index (χ0v) is 15.8. The highest BCUT2D eigenvalue weighted by Gasteiger charge is 2.20. The number of hydrogen-bond donors (Lipinski definition) is 4. The van der Waals surface area contributed by atoms with Crippen LogP contribution in [0.5, 0.6) is 5.75 Å². The number of benzene rings is 1. The molecule has 2 aromatic rings.